The summed E-state index contributed by atoms with van der Waals surface area (Å²) in [6.45, 7) is 2.47. The molecule has 0 aromatic heterocycles. The van der Waals surface area contributed by atoms with Crippen molar-refractivity contribution in [2.75, 3.05) is 37.8 Å². The fourth-order valence-corrected chi connectivity index (χ4v) is 3.67. The zero-order valence-electron chi connectivity index (χ0n) is 9.22. The topological polar surface area (TPSA) is 63.7 Å². The van der Waals surface area contributed by atoms with Gasteiger partial charge in [0, 0.05) is 19.0 Å². The summed E-state index contributed by atoms with van der Waals surface area (Å²) in [6, 6.07) is 0. The first-order chi connectivity index (χ1) is 7.58. The van der Waals surface area contributed by atoms with Crippen LogP contribution in [0.4, 0.5) is 0 Å². The maximum Gasteiger partial charge on any atom is 0.225 e. The molecule has 2 rings (SSSR count). The van der Waals surface area contributed by atoms with E-state index in [2.05, 4.69) is 0 Å². The Hall–Kier alpha value is -0.620. The minimum atomic E-state index is -2.88. The van der Waals surface area contributed by atoms with Gasteiger partial charge in [0.1, 0.15) is 9.84 Å². The number of hydrogen-bond donors (Lipinski definition) is 0. The van der Waals surface area contributed by atoms with Crippen LogP contribution in [0.3, 0.4) is 0 Å². The van der Waals surface area contributed by atoms with Gasteiger partial charge in [0.15, 0.2) is 0 Å². The normalized spacial score (nSPS) is 26.6. The van der Waals surface area contributed by atoms with Crippen LogP contribution in [0.15, 0.2) is 0 Å². The predicted molar refractivity (Wildman–Crippen MR) is 58.8 cm³/mol. The summed E-state index contributed by atoms with van der Waals surface area (Å²) >= 11 is 0. The molecule has 0 radical (unpaired) electrons. The standard InChI is InChI=1S/C10H17NO4S/c12-10(11-3-5-15-6-4-11)9-1-7-16(13,14)8-2-9/h9H,1-8H2. The third-order valence-corrected chi connectivity index (χ3v) is 4.94. The highest BCUT2D eigenvalue weighted by Crippen LogP contribution is 2.21. The summed E-state index contributed by atoms with van der Waals surface area (Å²) in [5.74, 6) is 0.335. The summed E-state index contributed by atoms with van der Waals surface area (Å²) in [6.07, 6.45) is 0.969. The van der Waals surface area contributed by atoms with Crippen molar-refractivity contribution in [1.29, 1.82) is 0 Å². The van der Waals surface area contributed by atoms with Crippen molar-refractivity contribution in [3.63, 3.8) is 0 Å². The maximum atomic E-state index is 12.0. The molecule has 0 aliphatic carbocycles. The number of carbonyl (C=O) groups is 1. The van der Waals surface area contributed by atoms with Crippen LogP contribution in [0.2, 0.25) is 0 Å². The maximum absolute atomic E-state index is 12.0. The Kier molecular flexibility index (Phi) is 3.49. The predicted octanol–water partition coefficient (Wildman–Crippen LogP) is -0.330. The van der Waals surface area contributed by atoms with Crippen LogP contribution in [0.1, 0.15) is 12.8 Å². The van der Waals surface area contributed by atoms with Gasteiger partial charge in [0.25, 0.3) is 0 Å². The Balaban J connectivity index is 1.90. The van der Waals surface area contributed by atoms with Crippen molar-refractivity contribution in [3.8, 4) is 0 Å². The lowest BCUT2D eigenvalue weighted by atomic mass is 10.0. The minimum Gasteiger partial charge on any atom is -0.378 e. The van der Waals surface area contributed by atoms with E-state index in [4.69, 9.17) is 4.74 Å². The average molecular weight is 247 g/mol. The van der Waals surface area contributed by atoms with Crippen LogP contribution in [-0.2, 0) is 19.4 Å². The summed E-state index contributed by atoms with van der Waals surface area (Å²) in [4.78, 5) is 13.8. The molecule has 0 N–H and O–H groups in total. The Labute approximate surface area is 95.7 Å². The molecule has 0 spiro atoms. The largest absolute Gasteiger partial charge is 0.378 e. The molecule has 2 aliphatic rings. The van der Waals surface area contributed by atoms with E-state index in [9.17, 15) is 13.2 Å². The summed E-state index contributed by atoms with van der Waals surface area (Å²) in [7, 11) is -2.88. The van der Waals surface area contributed by atoms with Crippen LogP contribution >= 0.6 is 0 Å². The van der Waals surface area contributed by atoms with Gasteiger partial charge in [-0.25, -0.2) is 8.42 Å². The van der Waals surface area contributed by atoms with Gasteiger partial charge in [0.05, 0.1) is 24.7 Å². The lowest BCUT2D eigenvalue weighted by Crippen LogP contribution is -2.45. The molecule has 2 fully saturated rings. The Morgan fingerprint density at radius 3 is 2.25 bits per heavy atom. The molecule has 5 nitrogen and oxygen atoms in total. The van der Waals surface area contributed by atoms with Crippen LogP contribution in [0, 0.1) is 5.92 Å². The smallest absolute Gasteiger partial charge is 0.225 e. The zero-order valence-corrected chi connectivity index (χ0v) is 10.0. The van der Waals surface area contributed by atoms with Crippen molar-refractivity contribution >= 4 is 15.7 Å². The van der Waals surface area contributed by atoms with Crippen LogP contribution in [-0.4, -0.2) is 57.0 Å². The van der Waals surface area contributed by atoms with Gasteiger partial charge in [-0.2, -0.15) is 0 Å². The van der Waals surface area contributed by atoms with Crippen LogP contribution in [0.5, 0.6) is 0 Å². The lowest BCUT2D eigenvalue weighted by Gasteiger charge is -2.31. The fourth-order valence-electron chi connectivity index (χ4n) is 2.18. The van der Waals surface area contributed by atoms with Gasteiger partial charge < -0.3 is 9.64 Å². The second-order valence-corrected chi connectivity index (χ2v) is 6.67. The molecule has 0 unspecified atom stereocenters. The fraction of sp³-hybridized carbons (Fsp3) is 0.900. The number of amides is 1. The third kappa shape index (κ3) is 2.74. The molecule has 0 atom stereocenters. The number of nitrogens with zero attached hydrogens (tertiary/aromatic N) is 1. The second kappa shape index (κ2) is 4.71. The number of morpholine rings is 1. The number of rotatable bonds is 1. The number of sulfone groups is 1. The highest BCUT2D eigenvalue weighted by atomic mass is 32.2. The van der Waals surface area contributed by atoms with Crippen molar-refractivity contribution in [2.45, 2.75) is 12.8 Å². The molecule has 92 valence electrons. The van der Waals surface area contributed by atoms with Crippen molar-refractivity contribution in [1.82, 2.24) is 4.90 Å². The van der Waals surface area contributed by atoms with Gasteiger partial charge >= 0.3 is 0 Å². The molecule has 16 heavy (non-hydrogen) atoms. The number of carbonyl (C=O) groups excluding carboxylic acids is 1. The first-order valence-electron chi connectivity index (χ1n) is 5.65. The average Bonchev–Trinajstić information content (AvgIpc) is 2.29. The van der Waals surface area contributed by atoms with E-state index >= 15 is 0 Å². The molecular weight excluding hydrogens is 230 g/mol. The van der Waals surface area contributed by atoms with Crippen LogP contribution < -0.4 is 0 Å². The van der Waals surface area contributed by atoms with E-state index in [1.807, 2.05) is 0 Å². The van der Waals surface area contributed by atoms with Crippen molar-refractivity contribution in [2.24, 2.45) is 5.92 Å². The quantitative estimate of drug-likeness (QED) is 0.636. The summed E-state index contributed by atoms with van der Waals surface area (Å²) < 4.78 is 27.7. The van der Waals surface area contributed by atoms with Gasteiger partial charge in [-0.05, 0) is 12.8 Å². The highest BCUT2D eigenvalue weighted by molar-refractivity contribution is 7.91. The Morgan fingerprint density at radius 1 is 1.12 bits per heavy atom. The first kappa shape index (κ1) is 11.9. The highest BCUT2D eigenvalue weighted by Gasteiger charge is 2.31. The van der Waals surface area contributed by atoms with Gasteiger partial charge in [-0.1, -0.05) is 0 Å². The van der Waals surface area contributed by atoms with E-state index in [0.29, 0.717) is 39.1 Å². The molecule has 1 amide bonds. The molecule has 0 saturated carbocycles. The van der Waals surface area contributed by atoms with Crippen molar-refractivity contribution in [3.05, 3.63) is 0 Å². The summed E-state index contributed by atoms with van der Waals surface area (Å²) in [5.41, 5.74) is 0. The number of hydrogen-bond acceptors (Lipinski definition) is 4. The van der Waals surface area contributed by atoms with E-state index < -0.39 is 9.84 Å². The Morgan fingerprint density at radius 2 is 1.69 bits per heavy atom. The summed E-state index contributed by atoms with van der Waals surface area (Å²) in [5, 5.41) is 0. The van der Waals surface area contributed by atoms with Gasteiger partial charge in [0.2, 0.25) is 5.91 Å². The Bertz CT molecular complexity index is 345. The molecule has 0 aromatic rings. The molecule has 2 aliphatic heterocycles. The van der Waals surface area contributed by atoms with Crippen LogP contribution in [0.25, 0.3) is 0 Å². The van der Waals surface area contributed by atoms with Crippen molar-refractivity contribution < 1.29 is 17.9 Å². The SMILES string of the molecule is O=C(C1CCS(=O)(=O)CC1)N1CCOCC1. The molecule has 6 heteroatoms. The molecule has 2 saturated heterocycles. The zero-order chi connectivity index (χ0) is 11.6. The minimum absolute atomic E-state index is 0.0957. The molecule has 0 aromatic carbocycles. The van der Waals surface area contributed by atoms with E-state index in [-0.39, 0.29) is 23.3 Å². The molecule has 0 bridgehead atoms. The van der Waals surface area contributed by atoms with Gasteiger partial charge in [-0.3, -0.25) is 4.79 Å². The molecule has 2 heterocycles. The molecular formula is C10H17NO4S. The third-order valence-electron chi connectivity index (χ3n) is 3.23. The van der Waals surface area contributed by atoms with E-state index in [1.54, 1.807) is 4.90 Å². The monoisotopic (exact) mass is 247 g/mol. The lowest BCUT2D eigenvalue weighted by molar-refractivity contribution is -0.139. The van der Waals surface area contributed by atoms with Gasteiger partial charge in [-0.15, -0.1) is 0 Å². The van der Waals surface area contributed by atoms with E-state index in [0.717, 1.165) is 0 Å². The number of ether oxygens (including phenoxy) is 1. The second-order valence-electron chi connectivity index (χ2n) is 4.36. The first-order valence-corrected chi connectivity index (χ1v) is 7.47. The van der Waals surface area contributed by atoms with E-state index in [1.165, 1.54) is 0 Å².